The third kappa shape index (κ3) is 3.99. The Labute approximate surface area is 168 Å². The minimum absolute atomic E-state index is 0.151. The Bertz CT molecular complexity index is 996. The number of barbiturate groups is 1. The van der Waals surface area contributed by atoms with E-state index in [4.69, 9.17) is 9.47 Å². The normalized spacial score (nSPS) is 15.5. The van der Waals surface area contributed by atoms with Gasteiger partial charge in [-0.05, 0) is 43.2 Å². The maximum absolute atomic E-state index is 13.1. The van der Waals surface area contributed by atoms with E-state index >= 15 is 0 Å². The summed E-state index contributed by atoms with van der Waals surface area (Å²) in [7, 11) is 1.54. The topological polar surface area (TPSA) is 84.9 Å². The molecule has 29 heavy (non-hydrogen) atoms. The Morgan fingerprint density at radius 3 is 2.52 bits per heavy atom. The minimum atomic E-state index is -0.766. The fourth-order valence-electron chi connectivity index (χ4n) is 3.10. The van der Waals surface area contributed by atoms with Crippen LogP contribution in [0.5, 0.6) is 11.5 Å². The molecule has 7 nitrogen and oxygen atoms in total. The second-order valence-electron chi connectivity index (χ2n) is 6.28. The number of hydrogen-bond acceptors (Lipinski definition) is 5. The number of imide groups is 2. The number of aryl methyl sites for hydroxylation is 1. The number of ether oxygens (including phenoxy) is 2. The maximum atomic E-state index is 13.1. The summed E-state index contributed by atoms with van der Waals surface area (Å²) in [6, 6.07) is 11.4. The molecule has 1 saturated heterocycles. The van der Waals surface area contributed by atoms with Gasteiger partial charge >= 0.3 is 6.03 Å². The molecule has 0 unspecified atom stereocenters. The molecule has 1 heterocycles. The van der Waals surface area contributed by atoms with E-state index in [0.29, 0.717) is 35.8 Å². The highest BCUT2D eigenvalue weighted by atomic mass is 16.5. The predicted molar refractivity (Wildman–Crippen MR) is 109 cm³/mol. The van der Waals surface area contributed by atoms with Crippen LogP contribution in [0.2, 0.25) is 0 Å². The maximum Gasteiger partial charge on any atom is 0.335 e. The summed E-state index contributed by atoms with van der Waals surface area (Å²) in [5.41, 5.74) is 1.66. The van der Waals surface area contributed by atoms with Crippen molar-refractivity contribution in [1.82, 2.24) is 5.32 Å². The lowest BCUT2D eigenvalue weighted by atomic mass is 10.0. The fraction of sp³-hybridized carbons (Fsp3) is 0.227. The van der Waals surface area contributed by atoms with Crippen LogP contribution in [0, 0.1) is 0 Å². The number of hydrogen-bond donors (Lipinski definition) is 1. The zero-order valence-corrected chi connectivity index (χ0v) is 16.5. The Kier molecular flexibility index (Phi) is 5.97. The molecule has 1 N–H and O–H groups in total. The third-order valence-corrected chi connectivity index (χ3v) is 4.54. The molecule has 2 aromatic carbocycles. The highest BCUT2D eigenvalue weighted by molar-refractivity contribution is 6.39. The van der Waals surface area contributed by atoms with Gasteiger partial charge in [0.25, 0.3) is 11.8 Å². The highest BCUT2D eigenvalue weighted by Crippen LogP contribution is 2.30. The quantitative estimate of drug-likeness (QED) is 0.600. The van der Waals surface area contributed by atoms with Gasteiger partial charge in [-0.2, -0.15) is 0 Å². The van der Waals surface area contributed by atoms with Crippen LogP contribution in [-0.2, 0) is 16.0 Å². The van der Waals surface area contributed by atoms with E-state index in [9.17, 15) is 14.4 Å². The summed E-state index contributed by atoms with van der Waals surface area (Å²) in [4.78, 5) is 39.0. The first kappa shape index (κ1) is 20.1. The first-order valence-electron chi connectivity index (χ1n) is 9.30. The van der Waals surface area contributed by atoms with E-state index in [1.54, 1.807) is 30.3 Å². The number of carbonyl (C=O) groups excluding carboxylic acids is 3. The van der Waals surface area contributed by atoms with Gasteiger partial charge in [-0.1, -0.05) is 25.1 Å². The number of anilines is 1. The summed E-state index contributed by atoms with van der Waals surface area (Å²) < 4.78 is 10.8. The molecule has 0 saturated carbocycles. The van der Waals surface area contributed by atoms with Crippen molar-refractivity contribution in [3.05, 3.63) is 59.2 Å². The summed E-state index contributed by atoms with van der Waals surface area (Å²) >= 11 is 0. The van der Waals surface area contributed by atoms with Crippen LogP contribution >= 0.6 is 0 Å². The minimum Gasteiger partial charge on any atom is -0.497 e. The molecule has 4 amide bonds. The van der Waals surface area contributed by atoms with Crippen LogP contribution in [-0.4, -0.2) is 31.6 Å². The van der Waals surface area contributed by atoms with Gasteiger partial charge in [-0.3, -0.25) is 14.9 Å². The third-order valence-electron chi connectivity index (χ3n) is 4.54. The number of carbonyl (C=O) groups is 3. The average Bonchev–Trinajstić information content (AvgIpc) is 2.72. The van der Waals surface area contributed by atoms with Crippen molar-refractivity contribution in [2.24, 2.45) is 0 Å². The molecule has 0 spiro atoms. The van der Waals surface area contributed by atoms with Gasteiger partial charge in [0, 0.05) is 11.6 Å². The predicted octanol–water partition coefficient (Wildman–Crippen LogP) is 3.32. The van der Waals surface area contributed by atoms with Gasteiger partial charge in [0.15, 0.2) is 0 Å². The molecular weight excluding hydrogens is 372 g/mol. The van der Waals surface area contributed by atoms with Crippen LogP contribution < -0.4 is 19.7 Å². The Morgan fingerprint density at radius 1 is 1.07 bits per heavy atom. The highest BCUT2D eigenvalue weighted by Gasteiger charge is 2.37. The number of methoxy groups -OCH3 is 1. The van der Waals surface area contributed by atoms with E-state index in [-0.39, 0.29) is 5.57 Å². The zero-order chi connectivity index (χ0) is 21.0. The average molecular weight is 394 g/mol. The first-order valence-corrected chi connectivity index (χ1v) is 9.30. The van der Waals surface area contributed by atoms with Gasteiger partial charge in [0.05, 0.1) is 19.4 Å². The summed E-state index contributed by atoms with van der Waals surface area (Å²) in [5, 5.41) is 2.25. The second kappa shape index (κ2) is 8.60. The van der Waals surface area contributed by atoms with E-state index in [2.05, 4.69) is 5.32 Å². The van der Waals surface area contributed by atoms with Crippen LogP contribution in [0.1, 0.15) is 25.0 Å². The molecule has 2 aromatic rings. The molecule has 1 fully saturated rings. The number of amides is 4. The van der Waals surface area contributed by atoms with Crippen molar-refractivity contribution in [3.63, 3.8) is 0 Å². The van der Waals surface area contributed by atoms with Crippen LogP contribution in [0.15, 0.2) is 48.0 Å². The van der Waals surface area contributed by atoms with Crippen molar-refractivity contribution in [2.75, 3.05) is 18.6 Å². The number of nitrogens with one attached hydrogen (secondary N) is 1. The van der Waals surface area contributed by atoms with E-state index in [1.165, 1.54) is 13.2 Å². The molecule has 3 rings (SSSR count). The molecule has 7 heteroatoms. The van der Waals surface area contributed by atoms with Gasteiger partial charge in [-0.25, -0.2) is 9.69 Å². The van der Waals surface area contributed by atoms with Crippen molar-refractivity contribution in [2.45, 2.75) is 20.3 Å². The number of benzene rings is 2. The summed E-state index contributed by atoms with van der Waals surface area (Å²) in [6.07, 6.45) is 2.06. The van der Waals surface area contributed by atoms with Crippen molar-refractivity contribution in [1.29, 1.82) is 0 Å². The number of para-hydroxylation sites is 1. The summed E-state index contributed by atoms with van der Waals surface area (Å²) in [5.74, 6) is -0.373. The smallest absolute Gasteiger partial charge is 0.335 e. The lowest BCUT2D eigenvalue weighted by Gasteiger charge is -2.28. The number of rotatable bonds is 6. The Balaban J connectivity index is 2.06. The first-order chi connectivity index (χ1) is 14.0. The van der Waals surface area contributed by atoms with Crippen molar-refractivity contribution in [3.8, 4) is 11.5 Å². The second-order valence-corrected chi connectivity index (χ2v) is 6.28. The lowest BCUT2D eigenvalue weighted by molar-refractivity contribution is -0.122. The van der Waals surface area contributed by atoms with E-state index in [0.717, 1.165) is 10.5 Å². The summed E-state index contributed by atoms with van der Waals surface area (Å²) in [6.45, 7) is 4.16. The molecule has 1 aliphatic rings. The van der Waals surface area contributed by atoms with Crippen LogP contribution in [0.3, 0.4) is 0 Å². The molecule has 0 aliphatic carbocycles. The molecule has 150 valence electrons. The molecule has 0 aromatic heterocycles. The standard InChI is InChI=1S/C22H22N2O5/c1-4-14-8-6-7-9-18(14)24-21(26)17(20(25)23-22(24)27)12-15-10-11-16(28-3)13-19(15)29-5-2/h6-13H,4-5H2,1-3H3,(H,23,25,27)/b17-12-. The fourth-order valence-corrected chi connectivity index (χ4v) is 3.10. The van der Waals surface area contributed by atoms with Gasteiger partial charge in [0.1, 0.15) is 17.1 Å². The molecule has 0 atom stereocenters. The number of nitrogens with zero attached hydrogens (tertiary/aromatic N) is 1. The zero-order valence-electron chi connectivity index (χ0n) is 16.5. The monoisotopic (exact) mass is 394 g/mol. The van der Waals surface area contributed by atoms with Crippen molar-refractivity contribution < 1.29 is 23.9 Å². The SMILES string of the molecule is CCOc1cc(OC)ccc1/C=C1/C(=O)NC(=O)N(c2ccccc2CC)C1=O. The van der Waals surface area contributed by atoms with E-state index < -0.39 is 17.8 Å². The Morgan fingerprint density at radius 2 is 1.83 bits per heavy atom. The van der Waals surface area contributed by atoms with E-state index in [1.807, 2.05) is 26.0 Å². The molecule has 1 aliphatic heterocycles. The lowest BCUT2D eigenvalue weighted by Crippen LogP contribution is -2.54. The molecule has 0 radical (unpaired) electrons. The Hall–Kier alpha value is -3.61. The number of urea groups is 1. The van der Waals surface area contributed by atoms with Gasteiger partial charge in [0.2, 0.25) is 0 Å². The van der Waals surface area contributed by atoms with Gasteiger partial charge < -0.3 is 9.47 Å². The molecule has 0 bridgehead atoms. The van der Waals surface area contributed by atoms with Crippen LogP contribution in [0.4, 0.5) is 10.5 Å². The largest absolute Gasteiger partial charge is 0.497 e. The van der Waals surface area contributed by atoms with Crippen molar-refractivity contribution >= 4 is 29.6 Å². The van der Waals surface area contributed by atoms with Gasteiger partial charge in [-0.15, -0.1) is 0 Å². The van der Waals surface area contributed by atoms with Crippen LogP contribution in [0.25, 0.3) is 6.08 Å². The molecular formula is C22H22N2O5.